The van der Waals surface area contributed by atoms with Gasteiger partial charge in [0.2, 0.25) is 0 Å². The molecule has 0 aromatic carbocycles. The van der Waals surface area contributed by atoms with E-state index in [9.17, 15) is 9.90 Å². The summed E-state index contributed by atoms with van der Waals surface area (Å²) in [6.45, 7) is 1.95. The van der Waals surface area contributed by atoms with E-state index in [0.29, 0.717) is 16.8 Å². The molecule has 2 heterocycles. The molecular formula is C14H18N2O3S2. The Kier molecular flexibility index (Phi) is 4.35. The lowest BCUT2D eigenvalue weighted by Gasteiger charge is -2.17. The van der Waals surface area contributed by atoms with Gasteiger partial charge in [-0.1, -0.05) is 18.7 Å². The number of aromatic amines is 1. The van der Waals surface area contributed by atoms with Crippen LogP contribution >= 0.6 is 23.1 Å². The van der Waals surface area contributed by atoms with Gasteiger partial charge in [-0.15, -0.1) is 11.3 Å². The standard InChI is InChI=1S/C14H18N2O3S2/c1-7-2-3-9-10(4-7)21-13-11(9)12(19)15-14(16-13)20-6-8(18)5-17/h7-8,17-18H,2-6H2,1H3,(H,15,16,19)/t7-,8+/m1/s1. The summed E-state index contributed by atoms with van der Waals surface area (Å²) in [6, 6.07) is 0. The Labute approximate surface area is 130 Å². The van der Waals surface area contributed by atoms with Crippen molar-refractivity contribution >= 4 is 33.3 Å². The molecule has 0 saturated heterocycles. The normalized spacial score (nSPS) is 19.7. The van der Waals surface area contributed by atoms with Crippen molar-refractivity contribution in [3.05, 3.63) is 20.8 Å². The number of aliphatic hydroxyl groups excluding tert-OH is 2. The highest BCUT2D eigenvalue weighted by atomic mass is 32.2. The lowest BCUT2D eigenvalue weighted by atomic mass is 9.89. The van der Waals surface area contributed by atoms with E-state index in [1.165, 1.54) is 22.2 Å². The van der Waals surface area contributed by atoms with Gasteiger partial charge in [-0.2, -0.15) is 0 Å². The second-order valence-corrected chi connectivity index (χ2v) is 7.64. The van der Waals surface area contributed by atoms with Crippen LogP contribution in [0.25, 0.3) is 10.2 Å². The molecule has 2 atom stereocenters. The van der Waals surface area contributed by atoms with Gasteiger partial charge in [0.25, 0.3) is 5.56 Å². The molecule has 0 fully saturated rings. The molecular weight excluding hydrogens is 308 g/mol. The van der Waals surface area contributed by atoms with Gasteiger partial charge in [0.15, 0.2) is 5.16 Å². The van der Waals surface area contributed by atoms with Crippen LogP contribution in [-0.2, 0) is 12.8 Å². The van der Waals surface area contributed by atoms with Gasteiger partial charge in [0.05, 0.1) is 18.1 Å². The first-order valence-corrected chi connectivity index (χ1v) is 8.85. The molecule has 1 aliphatic carbocycles. The third-order valence-electron chi connectivity index (χ3n) is 3.77. The predicted molar refractivity (Wildman–Crippen MR) is 85.2 cm³/mol. The lowest BCUT2D eigenvalue weighted by Crippen LogP contribution is -2.16. The Morgan fingerprint density at radius 2 is 2.38 bits per heavy atom. The molecule has 114 valence electrons. The van der Waals surface area contributed by atoms with Gasteiger partial charge in [-0.05, 0) is 30.7 Å². The highest BCUT2D eigenvalue weighted by Crippen LogP contribution is 2.36. The van der Waals surface area contributed by atoms with E-state index >= 15 is 0 Å². The van der Waals surface area contributed by atoms with Crippen LogP contribution in [0, 0.1) is 5.92 Å². The monoisotopic (exact) mass is 326 g/mol. The number of aryl methyl sites for hydroxylation is 1. The second kappa shape index (κ2) is 6.08. The maximum atomic E-state index is 12.3. The van der Waals surface area contributed by atoms with Crippen molar-refractivity contribution in [3.8, 4) is 0 Å². The topological polar surface area (TPSA) is 86.2 Å². The van der Waals surface area contributed by atoms with Crippen molar-refractivity contribution in [2.45, 2.75) is 37.4 Å². The highest BCUT2D eigenvalue weighted by molar-refractivity contribution is 7.99. The molecule has 0 aliphatic heterocycles. The fourth-order valence-corrected chi connectivity index (χ4v) is 4.84. The molecule has 0 saturated carbocycles. The van der Waals surface area contributed by atoms with Crippen LogP contribution < -0.4 is 5.56 Å². The minimum absolute atomic E-state index is 0.0898. The highest BCUT2D eigenvalue weighted by Gasteiger charge is 2.23. The van der Waals surface area contributed by atoms with Crippen LogP contribution in [0.15, 0.2) is 9.95 Å². The van der Waals surface area contributed by atoms with Crippen LogP contribution in [0.2, 0.25) is 0 Å². The number of aliphatic hydroxyl groups is 2. The summed E-state index contributed by atoms with van der Waals surface area (Å²) in [5, 5.41) is 19.4. The SMILES string of the molecule is C[C@@H]1CCc2c(sc3nc(SC[C@@H](O)CO)[nH]c(=O)c23)C1. The Morgan fingerprint density at radius 3 is 3.14 bits per heavy atom. The minimum Gasteiger partial charge on any atom is -0.394 e. The maximum absolute atomic E-state index is 12.3. The number of thiophene rings is 1. The molecule has 2 aromatic heterocycles. The van der Waals surface area contributed by atoms with Gasteiger partial charge in [-0.3, -0.25) is 4.79 Å². The van der Waals surface area contributed by atoms with Gasteiger partial charge < -0.3 is 15.2 Å². The molecule has 3 N–H and O–H groups in total. The van der Waals surface area contributed by atoms with E-state index in [0.717, 1.165) is 29.5 Å². The maximum Gasteiger partial charge on any atom is 0.260 e. The smallest absolute Gasteiger partial charge is 0.260 e. The zero-order valence-corrected chi connectivity index (χ0v) is 13.4. The van der Waals surface area contributed by atoms with E-state index in [1.807, 2.05) is 0 Å². The van der Waals surface area contributed by atoms with Crippen LogP contribution in [0.1, 0.15) is 23.8 Å². The molecule has 0 radical (unpaired) electrons. The second-order valence-electron chi connectivity index (χ2n) is 5.55. The Morgan fingerprint density at radius 1 is 1.57 bits per heavy atom. The van der Waals surface area contributed by atoms with Crippen LogP contribution in [0.5, 0.6) is 0 Å². The molecule has 0 spiro atoms. The molecule has 7 heteroatoms. The summed E-state index contributed by atoms with van der Waals surface area (Å²) >= 11 is 2.87. The number of H-pyrrole nitrogens is 1. The molecule has 5 nitrogen and oxygen atoms in total. The van der Waals surface area contributed by atoms with Gasteiger partial charge in [-0.25, -0.2) is 4.98 Å². The third-order valence-corrected chi connectivity index (χ3v) is 5.93. The molecule has 0 amide bonds. The fourth-order valence-electron chi connectivity index (χ4n) is 2.63. The van der Waals surface area contributed by atoms with E-state index in [-0.39, 0.29) is 12.2 Å². The predicted octanol–water partition coefficient (Wildman–Crippen LogP) is 1.55. The van der Waals surface area contributed by atoms with E-state index in [4.69, 9.17) is 5.11 Å². The van der Waals surface area contributed by atoms with Gasteiger partial charge >= 0.3 is 0 Å². The van der Waals surface area contributed by atoms with Crippen LogP contribution in [-0.4, -0.2) is 38.6 Å². The first kappa shape index (κ1) is 15.0. The fraction of sp³-hybridized carbons (Fsp3) is 0.571. The molecule has 2 aromatic rings. The van der Waals surface area contributed by atoms with Crippen molar-refractivity contribution in [2.75, 3.05) is 12.4 Å². The summed E-state index contributed by atoms with van der Waals surface area (Å²) in [6.07, 6.45) is 2.31. The molecule has 3 rings (SSSR count). The largest absolute Gasteiger partial charge is 0.394 e. The van der Waals surface area contributed by atoms with Crippen molar-refractivity contribution in [1.29, 1.82) is 0 Å². The number of rotatable bonds is 4. The van der Waals surface area contributed by atoms with E-state index < -0.39 is 6.10 Å². The Hall–Kier alpha value is -0.890. The first-order valence-electron chi connectivity index (χ1n) is 7.04. The van der Waals surface area contributed by atoms with E-state index in [1.54, 1.807) is 11.3 Å². The number of fused-ring (bicyclic) bond motifs is 3. The van der Waals surface area contributed by atoms with Gasteiger partial charge in [0, 0.05) is 10.6 Å². The zero-order valence-electron chi connectivity index (χ0n) is 11.8. The molecule has 1 aliphatic rings. The number of thioether (sulfide) groups is 1. The quantitative estimate of drug-likeness (QED) is 0.586. The molecule has 21 heavy (non-hydrogen) atoms. The lowest BCUT2D eigenvalue weighted by molar-refractivity contribution is 0.113. The summed E-state index contributed by atoms with van der Waals surface area (Å²) in [7, 11) is 0. The summed E-state index contributed by atoms with van der Waals surface area (Å²) in [4.78, 5) is 21.7. The third kappa shape index (κ3) is 3.01. The molecule has 0 unspecified atom stereocenters. The van der Waals surface area contributed by atoms with E-state index in [2.05, 4.69) is 16.9 Å². The number of nitrogens with one attached hydrogen (secondary N) is 1. The number of aromatic nitrogens is 2. The molecule has 0 bridgehead atoms. The van der Waals surface area contributed by atoms with Crippen molar-refractivity contribution < 1.29 is 10.2 Å². The first-order chi connectivity index (χ1) is 10.1. The van der Waals surface area contributed by atoms with Crippen molar-refractivity contribution in [1.82, 2.24) is 9.97 Å². The van der Waals surface area contributed by atoms with Crippen LogP contribution in [0.3, 0.4) is 0 Å². The average molecular weight is 326 g/mol. The Balaban J connectivity index is 1.95. The number of hydrogen-bond donors (Lipinski definition) is 3. The summed E-state index contributed by atoms with van der Waals surface area (Å²) in [5.41, 5.74) is 1.09. The number of nitrogens with zero attached hydrogens (tertiary/aromatic N) is 1. The average Bonchev–Trinajstić information content (AvgIpc) is 2.82. The van der Waals surface area contributed by atoms with Crippen molar-refractivity contribution in [2.24, 2.45) is 5.92 Å². The summed E-state index contributed by atoms with van der Waals surface area (Å²) in [5.74, 6) is 0.978. The van der Waals surface area contributed by atoms with Crippen molar-refractivity contribution in [3.63, 3.8) is 0 Å². The minimum atomic E-state index is -0.798. The Bertz CT molecular complexity index is 710. The number of hydrogen-bond acceptors (Lipinski definition) is 6. The summed E-state index contributed by atoms with van der Waals surface area (Å²) < 4.78 is 0. The zero-order chi connectivity index (χ0) is 15.0. The van der Waals surface area contributed by atoms with Crippen LogP contribution in [0.4, 0.5) is 0 Å². The van der Waals surface area contributed by atoms with Gasteiger partial charge in [0.1, 0.15) is 4.83 Å².